The number of benzene rings is 2. The standard InChI is InChI=1S/C33H44N2O6/c1-7-34(8-2)15-9-16-35-30(23-10-13-27(28(20-23)39-6)40-17-14-21(3)4)29(32(37)33(35)38)31(36)24-11-12-26-25(19-24)18-22(5)41-26/h10-13,19-22,30,36H,7-9,14-18H2,1-6H3. The van der Waals surface area contributed by atoms with Crippen molar-refractivity contribution in [2.24, 2.45) is 5.92 Å². The summed E-state index contributed by atoms with van der Waals surface area (Å²) in [6, 6.07) is 9.86. The zero-order chi connectivity index (χ0) is 29.7. The van der Waals surface area contributed by atoms with Gasteiger partial charge >= 0.3 is 0 Å². The number of Topliss-reactive ketones (excluding diaryl/α,β-unsaturated/α-hetero) is 1. The van der Waals surface area contributed by atoms with E-state index in [4.69, 9.17) is 14.2 Å². The number of hydrogen-bond acceptors (Lipinski definition) is 6. The number of rotatable bonds is 13. The van der Waals surface area contributed by atoms with E-state index in [0.717, 1.165) is 43.8 Å². The molecule has 4 rings (SSSR count). The lowest BCUT2D eigenvalue weighted by Crippen LogP contribution is -3.11. The molecule has 2 atom stereocenters. The zero-order valence-corrected chi connectivity index (χ0v) is 25.2. The molecular weight excluding hydrogens is 520 g/mol. The fourth-order valence-corrected chi connectivity index (χ4v) is 5.65. The van der Waals surface area contributed by atoms with Gasteiger partial charge in [-0.1, -0.05) is 31.7 Å². The molecule has 222 valence electrons. The molecule has 0 bridgehead atoms. The van der Waals surface area contributed by atoms with E-state index >= 15 is 0 Å². The Hall–Kier alpha value is -3.52. The Morgan fingerprint density at radius 1 is 1.12 bits per heavy atom. The van der Waals surface area contributed by atoms with E-state index < -0.39 is 23.5 Å². The van der Waals surface area contributed by atoms with Crippen LogP contribution in [0.15, 0.2) is 42.0 Å². The van der Waals surface area contributed by atoms with Gasteiger partial charge < -0.3 is 29.1 Å². The van der Waals surface area contributed by atoms with Gasteiger partial charge in [-0.15, -0.1) is 0 Å². The SMILES string of the molecule is CC[NH+](CC)CCCN1C(=O)C(=O)C(=C([O-])c2ccc3c(c2)CC(C)O3)C1c1ccc(OCCC(C)C)c(OC)c1. The number of carbonyl (C=O) groups excluding carboxylic acids is 2. The second kappa shape index (κ2) is 13.4. The molecule has 2 aromatic rings. The van der Waals surface area contributed by atoms with Gasteiger partial charge in [0.2, 0.25) is 5.78 Å². The minimum absolute atomic E-state index is 0.0207. The largest absolute Gasteiger partial charge is 0.872 e. The maximum absolute atomic E-state index is 14.0. The van der Waals surface area contributed by atoms with Gasteiger partial charge in [-0.05, 0) is 74.1 Å². The summed E-state index contributed by atoms with van der Waals surface area (Å²) >= 11 is 0. The number of hydrogen-bond donors (Lipinski definition) is 1. The van der Waals surface area contributed by atoms with Gasteiger partial charge in [0.1, 0.15) is 11.9 Å². The molecule has 2 heterocycles. The van der Waals surface area contributed by atoms with E-state index in [1.807, 2.05) is 13.0 Å². The van der Waals surface area contributed by atoms with Crippen LogP contribution >= 0.6 is 0 Å². The van der Waals surface area contributed by atoms with Crippen LogP contribution in [0.4, 0.5) is 0 Å². The quantitative estimate of drug-likeness (QED) is 0.229. The van der Waals surface area contributed by atoms with Gasteiger partial charge in [-0.3, -0.25) is 9.59 Å². The first-order valence-corrected chi connectivity index (χ1v) is 14.9. The number of methoxy groups -OCH3 is 1. The summed E-state index contributed by atoms with van der Waals surface area (Å²) < 4.78 is 17.4. The molecule has 8 nitrogen and oxygen atoms in total. The Morgan fingerprint density at radius 2 is 1.88 bits per heavy atom. The highest BCUT2D eigenvalue weighted by molar-refractivity contribution is 6.46. The van der Waals surface area contributed by atoms with E-state index in [1.165, 1.54) is 4.90 Å². The average molecular weight is 565 g/mol. The van der Waals surface area contributed by atoms with Crippen molar-refractivity contribution >= 4 is 17.4 Å². The van der Waals surface area contributed by atoms with Crippen molar-refractivity contribution in [1.82, 2.24) is 4.90 Å². The van der Waals surface area contributed by atoms with E-state index in [2.05, 4.69) is 27.7 Å². The summed E-state index contributed by atoms with van der Waals surface area (Å²) in [5.74, 6) is 0.538. The van der Waals surface area contributed by atoms with E-state index in [9.17, 15) is 14.7 Å². The molecule has 2 aliphatic heterocycles. The molecule has 41 heavy (non-hydrogen) atoms. The molecule has 0 aliphatic carbocycles. The average Bonchev–Trinajstić information content (AvgIpc) is 3.45. The molecule has 1 fully saturated rings. The zero-order valence-electron chi connectivity index (χ0n) is 25.2. The highest BCUT2D eigenvalue weighted by atomic mass is 16.5. The van der Waals surface area contributed by atoms with Crippen LogP contribution in [0.1, 0.15) is 70.2 Å². The molecule has 0 radical (unpaired) electrons. The van der Waals surface area contributed by atoms with Crippen LogP contribution < -0.4 is 24.2 Å². The van der Waals surface area contributed by atoms with Crippen molar-refractivity contribution in [2.45, 2.75) is 66.0 Å². The number of carbonyl (C=O) groups is 2. The Bertz CT molecular complexity index is 1280. The van der Waals surface area contributed by atoms with Crippen molar-refractivity contribution in [3.8, 4) is 17.2 Å². The van der Waals surface area contributed by atoms with Crippen LogP contribution in [0.3, 0.4) is 0 Å². The summed E-state index contributed by atoms with van der Waals surface area (Å²) in [6.07, 6.45) is 2.34. The van der Waals surface area contributed by atoms with E-state index in [1.54, 1.807) is 42.3 Å². The Kier molecular flexibility index (Phi) is 9.97. The molecule has 8 heteroatoms. The second-order valence-corrected chi connectivity index (χ2v) is 11.4. The van der Waals surface area contributed by atoms with E-state index in [0.29, 0.717) is 48.1 Å². The molecule has 2 aliphatic rings. The molecule has 2 unspecified atom stereocenters. The fraction of sp³-hybridized carbons (Fsp3) is 0.515. The van der Waals surface area contributed by atoms with Gasteiger partial charge in [0.25, 0.3) is 5.91 Å². The molecular formula is C33H44N2O6. The van der Waals surface area contributed by atoms with Crippen LogP contribution in [-0.2, 0) is 16.0 Å². The fourth-order valence-electron chi connectivity index (χ4n) is 5.65. The Labute approximate surface area is 243 Å². The summed E-state index contributed by atoms with van der Waals surface area (Å²) in [4.78, 5) is 29.9. The smallest absolute Gasteiger partial charge is 0.295 e. The van der Waals surface area contributed by atoms with Crippen LogP contribution in [0.5, 0.6) is 17.2 Å². The lowest BCUT2D eigenvalue weighted by atomic mass is 9.94. The third-order valence-electron chi connectivity index (χ3n) is 8.07. The molecule has 1 N–H and O–H groups in total. The summed E-state index contributed by atoms with van der Waals surface area (Å²) in [7, 11) is 1.56. The van der Waals surface area contributed by atoms with Gasteiger partial charge in [0.15, 0.2) is 11.5 Å². The lowest BCUT2D eigenvalue weighted by molar-refractivity contribution is -0.896. The third-order valence-corrected chi connectivity index (χ3v) is 8.07. The predicted octanol–water partition coefficient (Wildman–Crippen LogP) is 2.98. The molecule has 0 spiro atoms. The molecule has 2 aromatic carbocycles. The summed E-state index contributed by atoms with van der Waals surface area (Å²) in [5, 5.41) is 14.0. The predicted molar refractivity (Wildman–Crippen MR) is 156 cm³/mol. The molecule has 1 amide bonds. The summed E-state index contributed by atoms with van der Waals surface area (Å²) in [5.41, 5.74) is 1.94. The number of nitrogens with one attached hydrogen (secondary N) is 1. The van der Waals surface area contributed by atoms with Crippen LogP contribution in [0, 0.1) is 5.92 Å². The van der Waals surface area contributed by atoms with Crippen molar-refractivity contribution < 1.29 is 33.8 Å². The van der Waals surface area contributed by atoms with Crippen molar-refractivity contribution in [2.75, 3.05) is 39.9 Å². The highest BCUT2D eigenvalue weighted by Crippen LogP contribution is 2.42. The summed E-state index contributed by atoms with van der Waals surface area (Å²) in [6.45, 7) is 14.3. The van der Waals surface area contributed by atoms with Crippen molar-refractivity contribution in [3.63, 3.8) is 0 Å². The van der Waals surface area contributed by atoms with Crippen molar-refractivity contribution in [1.29, 1.82) is 0 Å². The highest BCUT2D eigenvalue weighted by Gasteiger charge is 2.44. The van der Waals surface area contributed by atoms with Crippen LogP contribution in [0.25, 0.3) is 5.76 Å². The Balaban J connectivity index is 1.74. The van der Waals surface area contributed by atoms with Gasteiger partial charge in [0.05, 0.1) is 39.4 Å². The third kappa shape index (κ3) is 6.70. The van der Waals surface area contributed by atoms with E-state index in [-0.39, 0.29) is 11.7 Å². The maximum atomic E-state index is 14.0. The number of nitrogens with zero attached hydrogens (tertiary/aromatic N) is 1. The molecule has 1 saturated heterocycles. The van der Waals surface area contributed by atoms with Crippen LogP contribution in [-0.4, -0.2) is 62.6 Å². The molecule has 0 saturated carbocycles. The van der Waals surface area contributed by atoms with Crippen LogP contribution in [0.2, 0.25) is 0 Å². The maximum Gasteiger partial charge on any atom is 0.295 e. The monoisotopic (exact) mass is 564 g/mol. The van der Waals surface area contributed by atoms with Gasteiger partial charge in [0, 0.05) is 25.0 Å². The first kappa shape index (κ1) is 30.4. The van der Waals surface area contributed by atoms with Gasteiger partial charge in [-0.2, -0.15) is 0 Å². The minimum Gasteiger partial charge on any atom is -0.872 e. The number of amides is 1. The lowest BCUT2D eigenvalue weighted by Gasteiger charge is -2.28. The first-order chi connectivity index (χ1) is 19.7. The number of fused-ring (bicyclic) bond motifs is 1. The van der Waals surface area contributed by atoms with Crippen molar-refractivity contribution in [3.05, 3.63) is 58.7 Å². The molecule has 0 aromatic heterocycles. The number of quaternary nitrogens is 1. The normalized spacial score (nSPS) is 19.7. The number of likely N-dealkylation sites (tertiary alicyclic amines) is 1. The minimum atomic E-state index is -0.809. The first-order valence-electron chi connectivity index (χ1n) is 14.9. The number of ether oxygens (including phenoxy) is 3. The number of ketones is 1. The Morgan fingerprint density at radius 3 is 2.56 bits per heavy atom. The second-order valence-electron chi connectivity index (χ2n) is 11.4. The van der Waals surface area contributed by atoms with Gasteiger partial charge in [-0.25, -0.2) is 0 Å². The topological polar surface area (TPSA) is 92.6 Å².